The molecule has 1 aliphatic rings. The predicted molar refractivity (Wildman–Crippen MR) is 103 cm³/mol. The summed E-state index contributed by atoms with van der Waals surface area (Å²) in [4.78, 5) is 35.2. The van der Waals surface area contributed by atoms with Crippen LogP contribution in [-0.4, -0.2) is 47.0 Å². The summed E-state index contributed by atoms with van der Waals surface area (Å²) in [5.41, 5.74) is 0.831. The third kappa shape index (κ3) is 5.33. The first kappa shape index (κ1) is 20.4. The summed E-state index contributed by atoms with van der Waals surface area (Å²) in [6.45, 7) is 3.96. The number of nitrogens with zero attached hydrogens (tertiary/aromatic N) is 3. The second kappa shape index (κ2) is 9.22. The Kier molecular flexibility index (Phi) is 6.47. The number of non-ortho nitro benzene ring substituents is 2. The van der Waals surface area contributed by atoms with Crippen molar-refractivity contribution in [3.63, 3.8) is 0 Å². The quantitative estimate of drug-likeness (QED) is 0.558. The molecular weight excluding hydrogens is 380 g/mol. The van der Waals surface area contributed by atoms with E-state index in [1.807, 2.05) is 24.3 Å². The van der Waals surface area contributed by atoms with Gasteiger partial charge >= 0.3 is 0 Å². The number of hydrogen-bond donors (Lipinski definition) is 1. The lowest BCUT2D eigenvalue weighted by atomic mass is 10.1. The number of ether oxygens (including phenoxy) is 1. The van der Waals surface area contributed by atoms with Gasteiger partial charge in [0, 0.05) is 38.3 Å². The number of carbonyl (C=O) groups excluding carboxylic acids is 1. The summed E-state index contributed by atoms with van der Waals surface area (Å²) in [5, 5.41) is 24.7. The summed E-state index contributed by atoms with van der Waals surface area (Å²) in [6, 6.07) is 10.5. The molecule has 0 aliphatic carbocycles. The van der Waals surface area contributed by atoms with Crippen LogP contribution in [-0.2, 0) is 17.8 Å². The van der Waals surface area contributed by atoms with E-state index in [2.05, 4.69) is 10.2 Å². The van der Waals surface area contributed by atoms with E-state index in [9.17, 15) is 25.0 Å². The molecule has 152 valence electrons. The standard InChI is InChI=1S/C19H20N4O6/c24-19(16-9-17(22(25)26)11-18(10-16)23(27)28)20-12-14-3-1-2-4-15(14)13-21-5-7-29-8-6-21/h1-4,9-11H,5-8,12-13H2,(H,20,24). The lowest BCUT2D eigenvalue weighted by Crippen LogP contribution is -2.36. The van der Waals surface area contributed by atoms with E-state index in [0.29, 0.717) is 13.2 Å². The Morgan fingerprint density at radius 2 is 1.59 bits per heavy atom. The van der Waals surface area contributed by atoms with Crippen molar-refractivity contribution >= 4 is 17.3 Å². The van der Waals surface area contributed by atoms with Crippen LogP contribution < -0.4 is 5.32 Å². The average molecular weight is 400 g/mol. The van der Waals surface area contributed by atoms with Gasteiger partial charge in [-0.1, -0.05) is 24.3 Å². The summed E-state index contributed by atoms with van der Waals surface area (Å²) >= 11 is 0. The van der Waals surface area contributed by atoms with Gasteiger partial charge in [-0.15, -0.1) is 0 Å². The Labute approximate surface area is 166 Å². The Morgan fingerprint density at radius 1 is 1.00 bits per heavy atom. The van der Waals surface area contributed by atoms with Gasteiger partial charge in [0.2, 0.25) is 0 Å². The van der Waals surface area contributed by atoms with Crippen molar-refractivity contribution in [2.75, 3.05) is 26.3 Å². The molecule has 3 rings (SSSR count). The fourth-order valence-electron chi connectivity index (χ4n) is 3.10. The second-order valence-corrected chi connectivity index (χ2v) is 6.59. The van der Waals surface area contributed by atoms with E-state index in [4.69, 9.17) is 4.74 Å². The highest BCUT2D eigenvalue weighted by molar-refractivity contribution is 5.95. The summed E-state index contributed by atoms with van der Waals surface area (Å²) < 4.78 is 5.35. The van der Waals surface area contributed by atoms with E-state index < -0.39 is 27.1 Å². The molecule has 2 aromatic carbocycles. The van der Waals surface area contributed by atoms with Gasteiger partial charge < -0.3 is 10.1 Å². The minimum absolute atomic E-state index is 0.128. The molecule has 0 spiro atoms. The van der Waals surface area contributed by atoms with Crippen LogP contribution in [0.15, 0.2) is 42.5 Å². The molecular formula is C19H20N4O6. The first-order chi connectivity index (χ1) is 13.9. The van der Waals surface area contributed by atoms with Crippen LogP contribution in [0.25, 0.3) is 0 Å². The third-order valence-corrected chi connectivity index (χ3v) is 4.64. The van der Waals surface area contributed by atoms with Crippen LogP contribution in [0.4, 0.5) is 11.4 Å². The van der Waals surface area contributed by atoms with Gasteiger partial charge in [-0.2, -0.15) is 0 Å². The van der Waals surface area contributed by atoms with Crippen LogP contribution in [0.1, 0.15) is 21.5 Å². The molecule has 2 aromatic rings. The van der Waals surface area contributed by atoms with Gasteiger partial charge in [0.05, 0.1) is 34.7 Å². The normalized spacial score (nSPS) is 14.3. The van der Waals surface area contributed by atoms with Gasteiger partial charge in [-0.05, 0) is 11.1 Å². The molecule has 1 fully saturated rings. The minimum Gasteiger partial charge on any atom is -0.379 e. The maximum Gasteiger partial charge on any atom is 0.277 e. The zero-order chi connectivity index (χ0) is 20.8. The largest absolute Gasteiger partial charge is 0.379 e. The second-order valence-electron chi connectivity index (χ2n) is 6.59. The molecule has 1 N–H and O–H groups in total. The van der Waals surface area contributed by atoms with Crippen molar-refractivity contribution in [2.24, 2.45) is 0 Å². The fraction of sp³-hybridized carbons (Fsp3) is 0.316. The molecule has 0 radical (unpaired) electrons. The lowest BCUT2D eigenvalue weighted by molar-refractivity contribution is -0.394. The number of nitrogens with one attached hydrogen (secondary N) is 1. The van der Waals surface area contributed by atoms with Gasteiger partial charge in [0.1, 0.15) is 0 Å². The zero-order valence-corrected chi connectivity index (χ0v) is 15.6. The van der Waals surface area contributed by atoms with Crippen LogP contribution in [0.3, 0.4) is 0 Å². The fourth-order valence-corrected chi connectivity index (χ4v) is 3.10. The molecule has 1 heterocycles. The SMILES string of the molecule is O=C(NCc1ccccc1CN1CCOCC1)c1cc([N+](=O)[O-])cc([N+](=O)[O-])c1. The molecule has 1 saturated heterocycles. The van der Waals surface area contributed by atoms with Crippen molar-refractivity contribution in [3.05, 3.63) is 79.4 Å². The molecule has 10 nitrogen and oxygen atoms in total. The molecule has 0 unspecified atom stereocenters. The maximum absolute atomic E-state index is 12.5. The molecule has 10 heteroatoms. The van der Waals surface area contributed by atoms with Gasteiger partial charge in [-0.25, -0.2) is 0 Å². The summed E-state index contributed by atoms with van der Waals surface area (Å²) in [5.74, 6) is -0.613. The zero-order valence-electron chi connectivity index (χ0n) is 15.6. The first-order valence-corrected chi connectivity index (χ1v) is 9.03. The molecule has 0 atom stereocenters. The van der Waals surface area contributed by atoms with E-state index in [-0.39, 0.29) is 12.1 Å². The topological polar surface area (TPSA) is 128 Å². The molecule has 1 aliphatic heterocycles. The van der Waals surface area contributed by atoms with Crippen molar-refractivity contribution in [1.82, 2.24) is 10.2 Å². The molecule has 1 amide bonds. The number of amides is 1. The molecule has 0 aromatic heterocycles. The first-order valence-electron chi connectivity index (χ1n) is 9.03. The average Bonchev–Trinajstić information content (AvgIpc) is 2.73. The molecule has 29 heavy (non-hydrogen) atoms. The van der Waals surface area contributed by atoms with Gasteiger partial charge in [-0.3, -0.25) is 29.9 Å². The number of benzene rings is 2. The van der Waals surface area contributed by atoms with Crippen molar-refractivity contribution < 1.29 is 19.4 Å². The van der Waals surface area contributed by atoms with E-state index in [1.165, 1.54) is 0 Å². The van der Waals surface area contributed by atoms with Gasteiger partial charge in [0.25, 0.3) is 17.3 Å². The number of nitro benzene ring substituents is 2. The van der Waals surface area contributed by atoms with Crippen LogP contribution in [0.5, 0.6) is 0 Å². The van der Waals surface area contributed by atoms with E-state index in [0.717, 1.165) is 49.0 Å². The highest BCUT2D eigenvalue weighted by Crippen LogP contribution is 2.23. The monoisotopic (exact) mass is 400 g/mol. The predicted octanol–water partition coefficient (Wildman–Crippen LogP) is 2.27. The van der Waals surface area contributed by atoms with Crippen LogP contribution in [0, 0.1) is 20.2 Å². The number of rotatable bonds is 7. The molecule has 0 saturated carbocycles. The van der Waals surface area contributed by atoms with Crippen molar-refractivity contribution in [2.45, 2.75) is 13.1 Å². The number of nitro groups is 2. The smallest absolute Gasteiger partial charge is 0.277 e. The summed E-state index contributed by atoms with van der Waals surface area (Å²) in [7, 11) is 0. The Balaban J connectivity index is 1.72. The number of hydrogen-bond acceptors (Lipinski definition) is 7. The van der Waals surface area contributed by atoms with Crippen LogP contribution in [0.2, 0.25) is 0 Å². The summed E-state index contributed by atoms with van der Waals surface area (Å²) in [6.07, 6.45) is 0. The lowest BCUT2D eigenvalue weighted by Gasteiger charge is -2.27. The Bertz CT molecular complexity index is 894. The third-order valence-electron chi connectivity index (χ3n) is 4.64. The molecule has 0 bridgehead atoms. The Morgan fingerprint density at radius 3 is 2.17 bits per heavy atom. The Hall–Kier alpha value is -3.37. The maximum atomic E-state index is 12.5. The van der Waals surface area contributed by atoms with Crippen molar-refractivity contribution in [1.29, 1.82) is 0 Å². The highest BCUT2D eigenvalue weighted by Gasteiger charge is 2.20. The number of morpholine rings is 1. The van der Waals surface area contributed by atoms with E-state index >= 15 is 0 Å². The van der Waals surface area contributed by atoms with Crippen LogP contribution >= 0.6 is 0 Å². The van der Waals surface area contributed by atoms with Gasteiger partial charge in [0.15, 0.2) is 0 Å². The minimum atomic E-state index is -0.762. The van der Waals surface area contributed by atoms with E-state index in [1.54, 1.807) is 0 Å². The highest BCUT2D eigenvalue weighted by atomic mass is 16.6. The number of carbonyl (C=O) groups is 1. The van der Waals surface area contributed by atoms with Crippen molar-refractivity contribution in [3.8, 4) is 0 Å².